The Labute approximate surface area is 83.9 Å². The van der Waals surface area contributed by atoms with Crippen molar-refractivity contribution in [2.24, 2.45) is 0 Å². The fourth-order valence-corrected chi connectivity index (χ4v) is 1.73. The van der Waals surface area contributed by atoms with E-state index in [0.29, 0.717) is 18.7 Å². The zero-order chi connectivity index (χ0) is 10.4. The SMILES string of the molecule is COC1CCC(NC/C=C/C(=O)O)C1. The molecule has 80 valence electrons. The zero-order valence-electron chi connectivity index (χ0n) is 8.40. The predicted octanol–water partition coefficient (Wildman–Crippen LogP) is 0.784. The standard InChI is InChI=1S/C10H17NO3/c1-14-9-5-4-8(7-9)11-6-2-3-10(12)13/h2-3,8-9,11H,4-7H2,1H3,(H,12,13)/b3-2+. The molecular formula is C10H17NO3. The minimum absolute atomic E-state index is 0.371. The molecule has 0 spiro atoms. The van der Waals surface area contributed by atoms with Crippen molar-refractivity contribution in [2.45, 2.75) is 31.4 Å². The van der Waals surface area contributed by atoms with Crippen LogP contribution in [0, 0.1) is 0 Å². The Bertz CT molecular complexity index is 215. The van der Waals surface area contributed by atoms with Crippen LogP contribution >= 0.6 is 0 Å². The lowest BCUT2D eigenvalue weighted by atomic mass is 10.2. The molecule has 0 saturated heterocycles. The maximum absolute atomic E-state index is 10.2. The molecule has 2 N–H and O–H groups in total. The molecule has 1 aliphatic rings. The molecule has 0 aromatic rings. The van der Waals surface area contributed by atoms with E-state index in [1.807, 2.05) is 0 Å². The van der Waals surface area contributed by atoms with Gasteiger partial charge in [0, 0.05) is 25.8 Å². The third-order valence-corrected chi connectivity index (χ3v) is 2.50. The van der Waals surface area contributed by atoms with Crippen molar-refractivity contribution in [2.75, 3.05) is 13.7 Å². The first-order valence-electron chi connectivity index (χ1n) is 4.88. The van der Waals surface area contributed by atoms with Crippen molar-refractivity contribution in [3.63, 3.8) is 0 Å². The molecule has 1 fully saturated rings. The molecule has 4 nitrogen and oxygen atoms in total. The maximum Gasteiger partial charge on any atom is 0.328 e. The highest BCUT2D eigenvalue weighted by Gasteiger charge is 2.23. The van der Waals surface area contributed by atoms with Crippen LogP contribution in [0.3, 0.4) is 0 Å². The summed E-state index contributed by atoms with van der Waals surface area (Å²) < 4.78 is 5.23. The average Bonchev–Trinajstić information content (AvgIpc) is 2.60. The Morgan fingerprint density at radius 2 is 2.43 bits per heavy atom. The number of rotatable bonds is 5. The Balaban J connectivity index is 2.11. The van der Waals surface area contributed by atoms with Crippen molar-refractivity contribution in [3.8, 4) is 0 Å². The van der Waals surface area contributed by atoms with E-state index in [-0.39, 0.29) is 0 Å². The van der Waals surface area contributed by atoms with Crippen LogP contribution in [-0.4, -0.2) is 36.9 Å². The summed E-state index contributed by atoms with van der Waals surface area (Å²) in [4.78, 5) is 10.2. The molecule has 0 aromatic heterocycles. The monoisotopic (exact) mass is 199 g/mol. The number of nitrogens with one attached hydrogen (secondary N) is 1. The Hall–Kier alpha value is -0.870. The van der Waals surface area contributed by atoms with Gasteiger partial charge in [0.25, 0.3) is 0 Å². The third kappa shape index (κ3) is 3.89. The van der Waals surface area contributed by atoms with Gasteiger partial charge in [-0.3, -0.25) is 0 Å². The lowest BCUT2D eigenvalue weighted by Crippen LogP contribution is -2.27. The second-order valence-electron chi connectivity index (χ2n) is 3.52. The molecule has 0 radical (unpaired) electrons. The topological polar surface area (TPSA) is 58.6 Å². The Kier molecular flexibility index (Phi) is 4.62. The number of carbonyl (C=O) groups is 1. The van der Waals surface area contributed by atoms with E-state index >= 15 is 0 Å². The van der Waals surface area contributed by atoms with Gasteiger partial charge in [-0.05, 0) is 19.3 Å². The number of hydrogen-bond donors (Lipinski definition) is 2. The minimum atomic E-state index is -0.895. The molecule has 1 rings (SSSR count). The fourth-order valence-electron chi connectivity index (χ4n) is 1.73. The van der Waals surface area contributed by atoms with Gasteiger partial charge in [0.15, 0.2) is 0 Å². The van der Waals surface area contributed by atoms with E-state index in [1.165, 1.54) is 0 Å². The normalized spacial score (nSPS) is 27.2. The van der Waals surface area contributed by atoms with Gasteiger partial charge in [0.1, 0.15) is 0 Å². The van der Waals surface area contributed by atoms with Crippen molar-refractivity contribution in [1.82, 2.24) is 5.32 Å². The highest BCUT2D eigenvalue weighted by atomic mass is 16.5. The molecular weight excluding hydrogens is 182 g/mol. The van der Waals surface area contributed by atoms with Crippen molar-refractivity contribution in [1.29, 1.82) is 0 Å². The van der Waals surface area contributed by atoms with Crippen LogP contribution < -0.4 is 5.32 Å². The number of ether oxygens (including phenoxy) is 1. The van der Waals surface area contributed by atoms with E-state index in [4.69, 9.17) is 9.84 Å². The molecule has 2 atom stereocenters. The number of aliphatic carboxylic acids is 1. The summed E-state index contributed by atoms with van der Waals surface area (Å²) in [6.07, 6.45) is 6.39. The van der Waals surface area contributed by atoms with Crippen LogP contribution in [0.1, 0.15) is 19.3 Å². The van der Waals surface area contributed by atoms with Gasteiger partial charge in [0.2, 0.25) is 0 Å². The van der Waals surface area contributed by atoms with Crippen molar-refractivity contribution >= 4 is 5.97 Å². The first kappa shape index (κ1) is 11.2. The first-order chi connectivity index (χ1) is 6.72. The molecule has 14 heavy (non-hydrogen) atoms. The van der Waals surface area contributed by atoms with Crippen LogP contribution in [0.2, 0.25) is 0 Å². The largest absolute Gasteiger partial charge is 0.478 e. The van der Waals surface area contributed by atoms with Gasteiger partial charge in [-0.25, -0.2) is 4.79 Å². The van der Waals surface area contributed by atoms with E-state index in [2.05, 4.69) is 5.32 Å². The van der Waals surface area contributed by atoms with Crippen LogP contribution in [0.25, 0.3) is 0 Å². The second-order valence-corrected chi connectivity index (χ2v) is 3.52. The average molecular weight is 199 g/mol. The fraction of sp³-hybridized carbons (Fsp3) is 0.700. The van der Waals surface area contributed by atoms with Crippen molar-refractivity contribution in [3.05, 3.63) is 12.2 Å². The summed E-state index contributed by atoms with van der Waals surface area (Å²) in [5.41, 5.74) is 0. The van der Waals surface area contributed by atoms with E-state index in [1.54, 1.807) is 13.2 Å². The van der Waals surface area contributed by atoms with Gasteiger partial charge in [-0.1, -0.05) is 6.08 Å². The highest BCUT2D eigenvalue weighted by Crippen LogP contribution is 2.20. The summed E-state index contributed by atoms with van der Waals surface area (Å²) in [6, 6.07) is 0.471. The third-order valence-electron chi connectivity index (χ3n) is 2.50. The van der Waals surface area contributed by atoms with Gasteiger partial charge in [-0.15, -0.1) is 0 Å². The predicted molar refractivity (Wildman–Crippen MR) is 53.2 cm³/mol. The highest BCUT2D eigenvalue weighted by molar-refractivity contribution is 5.79. The lowest BCUT2D eigenvalue weighted by molar-refractivity contribution is -0.131. The molecule has 0 aromatic carbocycles. The first-order valence-corrected chi connectivity index (χ1v) is 4.88. The lowest BCUT2D eigenvalue weighted by Gasteiger charge is -2.10. The zero-order valence-corrected chi connectivity index (χ0v) is 8.40. The number of carboxylic acid groups (broad SMARTS) is 1. The minimum Gasteiger partial charge on any atom is -0.478 e. The number of methoxy groups -OCH3 is 1. The van der Waals surface area contributed by atoms with Gasteiger partial charge in [-0.2, -0.15) is 0 Å². The molecule has 0 bridgehead atoms. The van der Waals surface area contributed by atoms with Crippen molar-refractivity contribution < 1.29 is 14.6 Å². The molecule has 0 heterocycles. The van der Waals surface area contributed by atoms with Crippen LogP contribution in [0.4, 0.5) is 0 Å². The van der Waals surface area contributed by atoms with Gasteiger partial charge >= 0.3 is 5.97 Å². The Morgan fingerprint density at radius 1 is 1.64 bits per heavy atom. The molecule has 1 saturated carbocycles. The maximum atomic E-state index is 10.2. The molecule has 0 amide bonds. The van der Waals surface area contributed by atoms with Crippen LogP contribution in [0.15, 0.2) is 12.2 Å². The Morgan fingerprint density at radius 3 is 3.00 bits per heavy atom. The van der Waals surface area contributed by atoms with E-state index in [0.717, 1.165) is 25.3 Å². The smallest absolute Gasteiger partial charge is 0.328 e. The quantitative estimate of drug-likeness (QED) is 0.642. The summed E-state index contributed by atoms with van der Waals surface area (Å²) in [5.74, 6) is -0.895. The van der Waals surface area contributed by atoms with Gasteiger partial charge < -0.3 is 15.2 Å². The molecule has 2 unspecified atom stereocenters. The molecule has 4 heteroatoms. The summed E-state index contributed by atoms with van der Waals surface area (Å²) in [5, 5.41) is 11.6. The summed E-state index contributed by atoms with van der Waals surface area (Å²) >= 11 is 0. The van der Waals surface area contributed by atoms with Crippen LogP contribution in [-0.2, 0) is 9.53 Å². The number of carboxylic acids is 1. The second kappa shape index (κ2) is 5.78. The van der Waals surface area contributed by atoms with Crippen LogP contribution in [0.5, 0.6) is 0 Å². The molecule has 1 aliphatic carbocycles. The van der Waals surface area contributed by atoms with E-state index < -0.39 is 5.97 Å². The van der Waals surface area contributed by atoms with E-state index in [9.17, 15) is 4.79 Å². The summed E-state index contributed by atoms with van der Waals surface area (Å²) in [7, 11) is 1.73. The summed E-state index contributed by atoms with van der Waals surface area (Å²) in [6.45, 7) is 0.618. The number of hydrogen-bond acceptors (Lipinski definition) is 3. The molecule has 0 aliphatic heterocycles. The van der Waals surface area contributed by atoms with Gasteiger partial charge in [0.05, 0.1) is 6.10 Å².